The first kappa shape index (κ1) is 13.5. The van der Waals surface area contributed by atoms with Gasteiger partial charge in [-0.25, -0.2) is 0 Å². The molecule has 18 heavy (non-hydrogen) atoms. The van der Waals surface area contributed by atoms with Crippen LogP contribution in [0.25, 0.3) is 0 Å². The van der Waals surface area contributed by atoms with E-state index in [1.807, 2.05) is 18.2 Å². The molecule has 0 saturated carbocycles. The Labute approximate surface area is 110 Å². The lowest BCUT2D eigenvalue weighted by Crippen LogP contribution is -2.49. The van der Waals surface area contributed by atoms with Gasteiger partial charge in [0, 0.05) is 13.2 Å². The van der Waals surface area contributed by atoms with Crippen molar-refractivity contribution in [3.05, 3.63) is 35.9 Å². The fraction of sp³-hybridized carbons (Fsp3) is 0.600. The number of likely N-dealkylation sites (N-methyl/N-ethyl adjacent to an activating group) is 1. The standard InChI is InChI=1S/C15H23NO2/c1-2-16(15-12-18-13-15)9-6-10-17-11-14-7-4-3-5-8-14/h3-5,7-8,15H,2,6,9-13H2,1H3. The molecule has 3 heteroatoms. The van der Waals surface area contributed by atoms with Gasteiger partial charge in [0.25, 0.3) is 0 Å². The SMILES string of the molecule is CCN(CCCOCc1ccccc1)C1COC1. The summed E-state index contributed by atoms with van der Waals surface area (Å²) < 4.78 is 10.9. The molecule has 1 fully saturated rings. The summed E-state index contributed by atoms with van der Waals surface area (Å²) in [5.41, 5.74) is 1.25. The van der Waals surface area contributed by atoms with Crippen molar-refractivity contribution in [2.24, 2.45) is 0 Å². The van der Waals surface area contributed by atoms with E-state index in [2.05, 4.69) is 24.0 Å². The highest BCUT2D eigenvalue weighted by molar-refractivity contribution is 5.13. The maximum atomic E-state index is 5.69. The molecule has 0 unspecified atom stereocenters. The molecule has 0 aromatic heterocycles. The molecular formula is C15H23NO2. The highest BCUT2D eigenvalue weighted by atomic mass is 16.5. The zero-order chi connectivity index (χ0) is 12.6. The molecule has 0 radical (unpaired) electrons. The van der Waals surface area contributed by atoms with Crippen LogP contribution in [0.2, 0.25) is 0 Å². The highest BCUT2D eigenvalue weighted by Crippen LogP contribution is 2.10. The van der Waals surface area contributed by atoms with Crippen molar-refractivity contribution in [3.8, 4) is 0 Å². The van der Waals surface area contributed by atoms with E-state index in [0.717, 1.165) is 45.9 Å². The van der Waals surface area contributed by atoms with Gasteiger partial charge < -0.3 is 9.47 Å². The van der Waals surface area contributed by atoms with E-state index in [1.54, 1.807) is 0 Å². The number of ether oxygens (including phenoxy) is 2. The van der Waals surface area contributed by atoms with Gasteiger partial charge in [0.1, 0.15) is 0 Å². The molecule has 0 atom stereocenters. The summed E-state index contributed by atoms with van der Waals surface area (Å²) in [5, 5.41) is 0. The van der Waals surface area contributed by atoms with Crippen LogP contribution < -0.4 is 0 Å². The van der Waals surface area contributed by atoms with Crippen LogP contribution in [-0.2, 0) is 16.1 Å². The summed E-state index contributed by atoms with van der Waals surface area (Å²) in [4.78, 5) is 2.48. The molecule has 0 aliphatic carbocycles. The molecule has 2 rings (SSSR count). The van der Waals surface area contributed by atoms with E-state index in [-0.39, 0.29) is 0 Å². The van der Waals surface area contributed by atoms with Gasteiger partial charge >= 0.3 is 0 Å². The van der Waals surface area contributed by atoms with Gasteiger partial charge in [-0.2, -0.15) is 0 Å². The Morgan fingerprint density at radius 1 is 1.28 bits per heavy atom. The lowest BCUT2D eigenvalue weighted by Gasteiger charge is -2.36. The Morgan fingerprint density at radius 2 is 2.06 bits per heavy atom. The second kappa shape index (κ2) is 7.52. The van der Waals surface area contributed by atoms with E-state index >= 15 is 0 Å². The maximum Gasteiger partial charge on any atom is 0.0716 e. The third-order valence-electron chi connectivity index (χ3n) is 3.39. The minimum atomic E-state index is 0.643. The minimum absolute atomic E-state index is 0.643. The fourth-order valence-electron chi connectivity index (χ4n) is 2.17. The van der Waals surface area contributed by atoms with Crippen LogP contribution >= 0.6 is 0 Å². The molecule has 1 aromatic carbocycles. The van der Waals surface area contributed by atoms with Crippen LogP contribution in [0, 0.1) is 0 Å². The number of nitrogens with zero attached hydrogens (tertiary/aromatic N) is 1. The Morgan fingerprint density at radius 3 is 2.67 bits per heavy atom. The third-order valence-corrected chi connectivity index (χ3v) is 3.39. The van der Waals surface area contributed by atoms with Gasteiger partial charge in [-0.15, -0.1) is 0 Å². The van der Waals surface area contributed by atoms with Gasteiger partial charge in [-0.1, -0.05) is 37.3 Å². The average Bonchev–Trinajstić information content (AvgIpc) is 2.36. The largest absolute Gasteiger partial charge is 0.378 e. The van der Waals surface area contributed by atoms with Crippen molar-refractivity contribution in [1.29, 1.82) is 0 Å². The maximum absolute atomic E-state index is 5.69. The van der Waals surface area contributed by atoms with Crippen molar-refractivity contribution < 1.29 is 9.47 Å². The van der Waals surface area contributed by atoms with Gasteiger partial charge in [0.2, 0.25) is 0 Å². The summed E-state index contributed by atoms with van der Waals surface area (Å²) in [6.45, 7) is 7.78. The molecule has 1 aliphatic rings. The van der Waals surface area contributed by atoms with Crippen LogP contribution in [0.4, 0.5) is 0 Å². The van der Waals surface area contributed by atoms with Crippen LogP contribution in [0.15, 0.2) is 30.3 Å². The first-order chi connectivity index (χ1) is 8.90. The molecule has 100 valence electrons. The number of benzene rings is 1. The molecule has 0 bridgehead atoms. The van der Waals surface area contributed by atoms with E-state index < -0.39 is 0 Å². The van der Waals surface area contributed by atoms with Crippen molar-refractivity contribution in [1.82, 2.24) is 4.90 Å². The van der Waals surface area contributed by atoms with Crippen molar-refractivity contribution in [2.45, 2.75) is 26.0 Å². The second-order valence-electron chi connectivity index (χ2n) is 4.71. The molecule has 0 spiro atoms. The zero-order valence-electron chi connectivity index (χ0n) is 11.2. The Bertz CT molecular complexity index is 325. The molecule has 0 N–H and O–H groups in total. The summed E-state index contributed by atoms with van der Waals surface area (Å²) in [5.74, 6) is 0. The first-order valence-electron chi connectivity index (χ1n) is 6.83. The molecule has 1 aromatic rings. The van der Waals surface area contributed by atoms with Crippen LogP contribution in [-0.4, -0.2) is 43.9 Å². The quantitative estimate of drug-likeness (QED) is 0.660. The Balaban J connectivity index is 1.55. The molecular weight excluding hydrogens is 226 g/mol. The van der Waals surface area contributed by atoms with E-state index in [9.17, 15) is 0 Å². The topological polar surface area (TPSA) is 21.7 Å². The fourth-order valence-corrected chi connectivity index (χ4v) is 2.17. The second-order valence-corrected chi connectivity index (χ2v) is 4.71. The zero-order valence-corrected chi connectivity index (χ0v) is 11.2. The van der Waals surface area contributed by atoms with Gasteiger partial charge in [0.15, 0.2) is 0 Å². The average molecular weight is 249 g/mol. The molecule has 0 amide bonds. The summed E-state index contributed by atoms with van der Waals surface area (Å²) in [7, 11) is 0. The highest BCUT2D eigenvalue weighted by Gasteiger charge is 2.23. The van der Waals surface area contributed by atoms with Crippen LogP contribution in [0.3, 0.4) is 0 Å². The van der Waals surface area contributed by atoms with E-state index in [1.165, 1.54) is 5.56 Å². The lowest BCUT2D eigenvalue weighted by molar-refractivity contribution is -0.0650. The predicted molar refractivity (Wildman–Crippen MR) is 72.6 cm³/mol. The number of rotatable bonds is 8. The minimum Gasteiger partial charge on any atom is -0.378 e. The number of hydrogen-bond acceptors (Lipinski definition) is 3. The van der Waals surface area contributed by atoms with Gasteiger partial charge in [0.05, 0.1) is 25.9 Å². The normalized spacial score (nSPS) is 15.9. The summed E-state index contributed by atoms with van der Waals surface area (Å²) in [6, 6.07) is 11.0. The van der Waals surface area contributed by atoms with Crippen LogP contribution in [0.1, 0.15) is 18.9 Å². The van der Waals surface area contributed by atoms with Gasteiger partial charge in [-0.3, -0.25) is 4.90 Å². The first-order valence-corrected chi connectivity index (χ1v) is 6.83. The predicted octanol–water partition coefficient (Wildman–Crippen LogP) is 2.31. The van der Waals surface area contributed by atoms with E-state index in [4.69, 9.17) is 9.47 Å². The monoisotopic (exact) mass is 249 g/mol. The van der Waals surface area contributed by atoms with Crippen LogP contribution in [0.5, 0.6) is 0 Å². The molecule has 1 aliphatic heterocycles. The summed E-state index contributed by atoms with van der Waals surface area (Å²) >= 11 is 0. The number of hydrogen-bond donors (Lipinski definition) is 0. The van der Waals surface area contributed by atoms with Crippen molar-refractivity contribution in [3.63, 3.8) is 0 Å². The molecule has 1 heterocycles. The lowest BCUT2D eigenvalue weighted by atomic mass is 10.2. The third kappa shape index (κ3) is 4.09. The van der Waals surface area contributed by atoms with Crippen molar-refractivity contribution in [2.75, 3.05) is 32.9 Å². The molecule has 1 saturated heterocycles. The molecule has 3 nitrogen and oxygen atoms in total. The van der Waals surface area contributed by atoms with E-state index in [0.29, 0.717) is 6.04 Å². The van der Waals surface area contributed by atoms with Gasteiger partial charge in [-0.05, 0) is 18.5 Å². The Hall–Kier alpha value is -0.900. The summed E-state index contributed by atoms with van der Waals surface area (Å²) in [6.07, 6.45) is 1.09. The smallest absolute Gasteiger partial charge is 0.0716 e. The Kier molecular flexibility index (Phi) is 5.65. The van der Waals surface area contributed by atoms with Crippen molar-refractivity contribution >= 4 is 0 Å².